The topological polar surface area (TPSA) is 84.1 Å². The molecule has 6 nitrogen and oxygen atoms in total. The van der Waals surface area contributed by atoms with Crippen LogP contribution in [0.5, 0.6) is 5.75 Å². The Bertz CT molecular complexity index is 1230. The van der Waals surface area contributed by atoms with Gasteiger partial charge in [-0.05, 0) is 62.4 Å². The molecule has 1 aliphatic carbocycles. The highest BCUT2D eigenvalue weighted by molar-refractivity contribution is 7.92. The highest BCUT2D eigenvalue weighted by atomic mass is 32.2. The quantitative estimate of drug-likeness (QED) is 0.507. The van der Waals surface area contributed by atoms with Crippen LogP contribution in [0.1, 0.15) is 51.1 Å². The molecule has 0 amide bonds. The van der Waals surface area contributed by atoms with E-state index in [1.54, 1.807) is 19.1 Å². The van der Waals surface area contributed by atoms with Crippen LogP contribution in [0, 0.1) is 11.3 Å². The molecule has 162 valence electrons. The number of nitrogens with one attached hydrogen (secondary N) is 1. The van der Waals surface area contributed by atoms with Gasteiger partial charge >= 0.3 is 0 Å². The van der Waals surface area contributed by atoms with E-state index in [1.807, 2.05) is 30.3 Å². The van der Waals surface area contributed by atoms with Gasteiger partial charge in [-0.25, -0.2) is 8.42 Å². The van der Waals surface area contributed by atoms with Crippen molar-refractivity contribution in [1.29, 1.82) is 5.26 Å². The Kier molecular flexibility index (Phi) is 5.92. The van der Waals surface area contributed by atoms with Gasteiger partial charge in [0.05, 0.1) is 29.1 Å². The van der Waals surface area contributed by atoms with E-state index in [-0.39, 0.29) is 5.75 Å². The molecule has 0 atom stereocenters. The van der Waals surface area contributed by atoms with Crippen molar-refractivity contribution in [1.82, 2.24) is 4.57 Å². The van der Waals surface area contributed by atoms with E-state index in [1.165, 1.54) is 6.42 Å². The summed E-state index contributed by atoms with van der Waals surface area (Å²) in [5.41, 5.74) is 3.96. The number of fused-ring (bicyclic) bond motifs is 1. The third-order valence-electron chi connectivity index (χ3n) is 5.81. The Balaban J connectivity index is 1.83. The van der Waals surface area contributed by atoms with Crippen molar-refractivity contribution < 1.29 is 13.2 Å². The zero-order chi connectivity index (χ0) is 22.0. The lowest BCUT2D eigenvalue weighted by atomic mass is 9.92. The summed E-state index contributed by atoms with van der Waals surface area (Å²) in [4.78, 5) is 0. The highest BCUT2D eigenvalue weighted by Crippen LogP contribution is 2.43. The van der Waals surface area contributed by atoms with Crippen LogP contribution in [0.2, 0.25) is 0 Å². The minimum absolute atomic E-state index is 0.0195. The number of nitrogens with zero attached hydrogens (tertiary/aromatic N) is 2. The number of nitriles is 1. The molecule has 0 bridgehead atoms. The summed E-state index contributed by atoms with van der Waals surface area (Å²) in [7, 11) is -3.33. The summed E-state index contributed by atoms with van der Waals surface area (Å²) in [5.74, 6) is 0.832. The highest BCUT2D eigenvalue weighted by Gasteiger charge is 2.28. The molecular weight excluding hydrogens is 410 g/mol. The first kappa shape index (κ1) is 21.3. The fraction of sp³-hybridized carbons (Fsp3) is 0.375. The predicted molar refractivity (Wildman–Crippen MR) is 124 cm³/mol. The first-order valence-electron chi connectivity index (χ1n) is 10.8. The minimum Gasteiger partial charge on any atom is -0.494 e. The second-order valence-electron chi connectivity index (χ2n) is 7.90. The summed E-state index contributed by atoms with van der Waals surface area (Å²) in [6.45, 7) is 4.33. The van der Waals surface area contributed by atoms with Crippen LogP contribution in [0.4, 0.5) is 5.69 Å². The molecule has 0 spiro atoms. The van der Waals surface area contributed by atoms with E-state index < -0.39 is 10.0 Å². The lowest BCUT2D eigenvalue weighted by molar-refractivity contribution is 0.315. The second kappa shape index (κ2) is 8.64. The summed E-state index contributed by atoms with van der Waals surface area (Å²) < 4.78 is 34.4. The predicted octanol–water partition coefficient (Wildman–Crippen LogP) is 5.46. The number of ether oxygens (including phenoxy) is 1. The normalized spacial score (nSPS) is 14.2. The average Bonchev–Trinajstić information content (AvgIpc) is 3.04. The fourth-order valence-corrected chi connectivity index (χ4v) is 4.61. The Morgan fingerprint density at radius 3 is 2.48 bits per heavy atom. The fourth-order valence-electron chi connectivity index (χ4n) is 3.97. The van der Waals surface area contributed by atoms with E-state index in [2.05, 4.69) is 22.3 Å². The van der Waals surface area contributed by atoms with Gasteiger partial charge in [0.1, 0.15) is 11.8 Å². The number of anilines is 1. The number of rotatable bonds is 8. The molecule has 1 N–H and O–H groups in total. The minimum atomic E-state index is -3.33. The van der Waals surface area contributed by atoms with Crippen LogP contribution in [0.3, 0.4) is 0 Å². The van der Waals surface area contributed by atoms with E-state index in [4.69, 9.17) is 4.74 Å². The van der Waals surface area contributed by atoms with Gasteiger partial charge in [-0.2, -0.15) is 5.26 Å². The van der Waals surface area contributed by atoms with Crippen LogP contribution in [-0.2, 0) is 10.0 Å². The van der Waals surface area contributed by atoms with E-state index in [0.29, 0.717) is 23.9 Å². The monoisotopic (exact) mass is 437 g/mol. The maximum atomic E-state index is 11.9. The molecule has 0 saturated heterocycles. The number of hydrogen-bond acceptors (Lipinski definition) is 4. The van der Waals surface area contributed by atoms with Crippen LogP contribution >= 0.6 is 0 Å². The van der Waals surface area contributed by atoms with Crippen molar-refractivity contribution in [2.45, 2.75) is 45.6 Å². The molecule has 0 aliphatic heterocycles. The maximum Gasteiger partial charge on any atom is 0.232 e. The Hall–Kier alpha value is -2.98. The van der Waals surface area contributed by atoms with Crippen LogP contribution in [0.15, 0.2) is 42.5 Å². The number of benzene rings is 2. The zero-order valence-corrected chi connectivity index (χ0v) is 18.7. The molecule has 0 unspecified atom stereocenters. The van der Waals surface area contributed by atoms with E-state index >= 15 is 0 Å². The van der Waals surface area contributed by atoms with Crippen molar-refractivity contribution in [3.05, 3.63) is 48.0 Å². The van der Waals surface area contributed by atoms with E-state index in [0.717, 1.165) is 47.2 Å². The molecule has 1 fully saturated rings. The van der Waals surface area contributed by atoms with Crippen LogP contribution < -0.4 is 9.46 Å². The van der Waals surface area contributed by atoms with Gasteiger partial charge < -0.3 is 9.30 Å². The van der Waals surface area contributed by atoms with Crippen molar-refractivity contribution in [2.24, 2.45) is 0 Å². The number of sulfonamides is 1. The second-order valence-corrected chi connectivity index (χ2v) is 9.91. The maximum absolute atomic E-state index is 11.9. The molecule has 1 aromatic heterocycles. The summed E-state index contributed by atoms with van der Waals surface area (Å²) in [5, 5.41) is 10.9. The van der Waals surface area contributed by atoms with Crippen molar-refractivity contribution in [2.75, 3.05) is 17.1 Å². The van der Waals surface area contributed by atoms with Gasteiger partial charge in [0.15, 0.2) is 0 Å². The molecule has 2 aromatic carbocycles. The SMILES string of the molecule is CCCOc1ccc2c(C#N)c(-c3ccc(NS(=O)(=O)CC)cc3)n(C3CCC3)c2c1. The molecule has 1 aliphatic rings. The largest absolute Gasteiger partial charge is 0.494 e. The molecular formula is C24H27N3O3S. The third kappa shape index (κ3) is 4.13. The standard InChI is InChI=1S/C24H27N3O3S/c1-3-14-30-20-12-13-21-22(16-25)24(27(23(21)15-20)19-6-5-7-19)17-8-10-18(11-9-17)26-31(28,29)4-2/h8-13,15,19,26H,3-7,14H2,1-2H3. The van der Waals surface area contributed by atoms with E-state index in [9.17, 15) is 13.7 Å². The first-order valence-corrected chi connectivity index (χ1v) is 12.4. The Labute approximate surface area is 183 Å². The van der Waals surface area contributed by atoms with Gasteiger partial charge in [-0.15, -0.1) is 0 Å². The van der Waals surface area contributed by atoms with Gasteiger partial charge in [-0.3, -0.25) is 4.72 Å². The molecule has 3 aromatic rings. The Morgan fingerprint density at radius 2 is 1.90 bits per heavy atom. The van der Waals surface area contributed by atoms with Crippen molar-refractivity contribution >= 4 is 26.6 Å². The third-order valence-corrected chi connectivity index (χ3v) is 7.12. The molecule has 4 rings (SSSR count). The number of aromatic nitrogens is 1. The van der Waals surface area contributed by atoms with Crippen LogP contribution in [-0.4, -0.2) is 25.3 Å². The van der Waals surface area contributed by atoms with Gasteiger partial charge in [0.25, 0.3) is 0 Å². The summed E-state index contributed by atoms with van der Waals surface area (Å²) >= 11 is 0. The molecule has 1 heterocycles. The van der Waals surface area contributed by atoms with Crippen LogP contribution in [0.25, 0.3) is 22.2 Å². The van der Waals surface area contributed by atoms with Crippen molar-refractivity contribution in [3.63, 3.8) is 0 Å². The van der Waals surface area contributed by atoms with Crippen molar-refractivity contribution in [3.8, 4) is 23.1 Å². The average molecular weight is 438 g/mol. The Morgan fingerprint density at radius 1 is 1.16 bits per heavy atom. The van der Waals surface area contributed by atoms with Gasteiger partial charge in [0.2, 0.25) is 10.0 Å². The first-order chi connectivity index (χ1) is 15.0. The lowest BCUT2D eigenvalue weighted by Crippen LogP contribution is -2.18. The number of hydrogen-bond donors (Lipinski definition) is 1. The zero-order valence-electron chi connectivity index (χ0n) is 17.9. The molecule has 31 heavy (non-hydrogen) atoms. The summed E-state index contributed by atoms with van der Waals surface area (Å²) in [6.07, 6.45) is 4.27. The lowest BCUT2D eigenvalue weighted by Gasteiger charge is -2.30. The smallest absolute Gasteiger partial charge is 0.232 e. The molecule has 1 saturated carbocycles. The summed E-state index contributed by atoms with van der Waals surface area (Å²) in [6, 6.07) is 16.0. The molecule has 7 heteroatoms. The molecule has 0 radical (unpaired) electrons. The van der Waals surface area contributed by atoms with Gasteiger partial charge in [-0.1, -0.05) is 19.1 Å². The van der Waals surface area contributed by atoms with Gasteiger partial charge in [0, 0.05) is 23.2 Å².